The number of amides is 1. The average Bonchev–Trinajstić information content (AvgIpc) is 3.46. The summed E-state index contributed by atoms with van der Waals surface area (Å²) in [7, 11) is -3.71. The molecule has 1 aliphatic carbocycles. The molecule has 1 atom stereocenters. The maximum absolute atomic E-state index is 12.7. The van der Waals surface area contributed by atoms with Crippen molar-refractivity contribution in [2.75, 3.05) is 0 Å². The fourth-order valence-electron chi connectivity index (χ4n) is 2.89. The second-order valence-electron chi connectivity index (χ2n) is 6.89. The molecule has 0 aliphatic heterocycles. The summed E-state index contributed by atoms with van der Waals surface area (Å²) in [6, 6.07) is 14.2. The van der Waals surface area contributed by atoms with Gasteiger partial charge in [-0.2, -0.15) is 0 Å². The van der Waals surface area contributed by atoms with Crippen LogP contribution in [0.15, 0.2) is 53.4 Å². The number of rotatable bonds is 7. The van der Waals surface area contributed by atoms with Crippen molar-refractivity contribution in [3.05, 3.63) is 65.2 Å². The Labute approximate surface area is 154 Å². The molecule has 1 fully saturated rings. The number of carbonyl (C=O) groups excluding carboxylic acids is 1. The van der Waals surface area contributed by atoms with Gasteiger partial charge in [-0.25, -0.2) is 13.1 Å². The molecular weight excluding hydrogens is 348 g/mol. The van der Waals surface area contributed by atoms with Crippen LogP contribution >= 0.6 is 0 Å². The van der Waals surface area contributed by atoms with Crippen molar-refractivity contribution in [3.63, 3.8) is 0 Å². The number of sulfonamides is 1. The average molecular weight is 372 g/mol. The van der Waals surface area contributed by atoms with Crippen molar-refractivity contribution < 1.29 is 13.2 Å². The molecule has 3 rings (SSSR count). The summed E-state index contributed by atoms with van der Waals surface area (Å²) in [6.07, 6.45) is 2.27. The largest absolute Gasteiger partial charge is 0.349 e. The molecule has 2 aromatic carbocycles. The van der Waals surface area contributed by atoms with E-state index in [0.29, 0.717) is 17.0 Å². The zero-order valence-corrected chi connectivity index (χ0v) is 15.8. The summed E-state index contributed by atoms with van der Waals surface area (Å²) in [4.78, 5) is 12.6. The highest BCUT2D eigenvalue weighted by Crippen LogP contribution is 2.32. The lowest BCUT2D eigenvalue weighted by Crippen LogP contribution is -2.34. The fraction of sp³-hybridized carbons (Fsp3) is 0.350. The summed E-state index contributed by atoms with van der Waals surface area (Å²) in [5.74, 6) is 0.309. The normalized spacial score (nSPS) is 15.5. The highest BCUT2D eigenvalue weighted by Gasteiger charge is 2.29. The molecule has 1 saturated carbocycles. The Kier molecular flexibility index (Phi) is 5.44. The fourth-order valence-corrected chi connectivity index (χ4v) is 4.17. The molecule has 6 heteroatoms. The second-order valence-corrected chi connectivity index (χ2v) is 8.63. The molecule has 2 N–H and O–H groups in total. The van der Waals surface area contributed by atoms with Crippen molar-refractivity contribution in [2.24, 2.45) is 5.92 Å². The Bertz CT molecular complexity index is 891. The predicted octanol–water partition coefficient (Wildman–Crippen LogP) is 3.00. The van der Waals surface area contributed by atoms with Crippen molar-refractivity contribution >= 4 is 15.9 Å². The highest BCUT2D eigenvalue weighted by atomic mass is 32.2. The molecule has 0 bridgehead atoms. The van der Waals surface area contributed by atoms with Crippen LogP contribution in [0.3, 0.4) is 0 Å². The van der Waals surface area contributed by atoms with Gasteiger partial charge in [0.15, 0.2) is 0 Å². The smallest absolute Gasteiger partial charge is 0.251 e. The topological polar surface area (TPSA) is 75.3 Å². The lowest BCUT2D eigenvalue weighted by molar-refractivity contribution is 0.0935. The monoisotopic (exact) mass is 372 g/mol. The minimum atomic E-state index is -3.71. The van der Waals surface area contributed by atoms with Crippen molar-refractivity contribution in [2.45, 2.75) is 44.2 Å². The van der Waals surface area contributed by atoms with Crippen LogP contribution in [0.1, 0.15) is 41.3 Å². The van der Waals surface area contributed by atoms with Gasteiger partial charge in [-0.15, -0.1) is 0 Å². The molecule has 0 spiro atoms. The summed E-state index contributed by atoms with van der Waals surface area (Å²) in [5, 5.41) is 2.96. The maximum Gasteiger partial charge on any atom is 0.251 e. The molecule has 1 aliphatic rings. The van der Waals surface area contributed by atoms with Crippen LogP contribution < -0.4 is 10.0 Å². The van der Waals surface area contributed by atoms with Gasteiger partial charge in [-0.05, 0) is 55.9 Å². The van der Waals surface area contributed by atoms with E-state index in [2.05, 4.69) is 10.0 Å². The molecule has 0 aromatic heterocycles. The summed E-state index contributed by atoms with van der Waals surface area (Å²) in [5.41, 5.74) is 1.85. The Hall–Kier alpha value is -2.18. The quantitative estimate of drug-likeness (QED) is 0.784. The first-order valence-corrected chi connectivity index (χ1v) is 10.3. The first kappa shape index (κ1) is 18.6. The van der Waals surface area contributed by atoms with Crippen LogP contribution in [-0.4, -0.2) is 20.4 Å². The minimum Gasteiger partial charge on any atom is -0.349 e. The number of hydrogen-bond acceptors (Lipinski definition) is 3. The van der Waals surface area contributed by atoms with Gasteiger partial charge in [0.1, 0.15) is 0 Å². The van der Waals surface area contributed by atoms with Crippen LogP contribution in [0.4, 0.5) is 0 Å². The molecular formula is C20H24N2O3S. The third-order valence-electron chi connectivity index (χ3n) is 4.74. The van der Waals surface area contributed by atoms with E-state index >= 15 is 0 Å². The number of benzene rings is 2. The van der Waals surface area contributed by atoms with E-state index in [9.17, 15) is 13.2 Å². The zero-order valence-electron chi connectivity index (χ0n) is 15.0. The summed E-state index contributed by atoms with van der Waals surface area (Å²) < 4.78 is 28.0. The van der Waals surface area contributed by atoms with Gasteiger partial charge in [0.05, 0.1) is 4.90 Å². The van der Waals surface area contributed by atoms with E-state index in [1.807, 2.05) is 37.3 Å². The Morgan fingerprint density at radius 1 is 1.15 bits per heavy atom. The minimum absolute atomic E-state index is 0.111. The lowest BCUT2D eigenvalue weighted by Gasteiger charge is -2.14. The molecule has 0 radical (unpaired) electrons. The first-order chi connectivity index (χ1) is 12.4. The van der Waals surface area contributed by atoms with Crippen LogP contribution in [-0.2, 0) is 16.6 Å². The molecule has 5 nitrogen and oxygen atoms in total. The second kappa shape index (κ2) is 7.60. The summed E-state index contributed by atoms with van der Waals surface area (Å²) >= 11 is 0. The van der Waals surface area contributed by atoms with Crippen LogP contribution in [0, 0.1) is 12.8 Å². The van der Waals surface area contributed by atoms with E-state index in [1.165, 1.54) is 6.07 Å². The SMILES string of the molecule is Cc1ccc(C(=O)N[C@@H](C)C2CC2)cc1S(=O)(=O)NCc1ccccc1. The van der Waals surface area contributed by atoms with E-state index in [-0.39, 0.29) is 23.4 Å². The van der Waals surface area contributed by atoms with Gasteiger partial charge in [0, 0.05) is 18.2 Å². The zero-order chi connectivity index (χ0) is 18.7. The first-order valence-electron chi connectivity index (χ1n) is 8.82. The number of aryl methyl sites for hydroxylation is 1. The van der Waals surface area contributed by atoms with Crippen LogP contribution in [0.5, 0.6) is 0 Å². The maximum atomic E-state index is 12.7. The molecule has 138 valence electrons. The third-order valence-corrected chi connectivity index (χ3v) is 6.28. The third kappa shape index (κ3) is 4.51. The molecule has 0 saturated heterocycles. The van der Waals surface area contributed by atoms with Crippen molar-refractivity contribution in [1.82, 2.24) is 10.0 Å². The van der Waals surface area contributed by atoms with Gasteiger partial charge in [0.25, 0.3) is 5.91 Å². The lowest BCUT2D eigenvalue weighted by atomic mass is 10.1. The van der Waals surface area contributed by atoms with E-state index in [0.717, 1.165) is 18.4 Å². The van der Waals surface area contributed by atoms with Crippen molar-refractivity contribution in [3.8, 4) is 0 Å². The number of carbonyl (C=O) groups is 1. The predicted molar refractivity (Wildman–Crippen MR) is 101 cm³/mol. The highest BCUT2D eigenvalue weighted by molar-refractivity contribution is 7.89. The van der Waals surface area contributed by atoms with E-state index in [4.69, 9.17) is 0 Å². The molecule has 0 unspecified atom stereocenters. The Balaban J connectivity index is 1.76. The standard InChI is InChI=1S/C20H24N2O3S/c1-14-8-9-18(20(23)22-15(2)17-10-11-17)12-19(14)26(24,25)21-13-16-6-4-3-5-7-16/h3-9,12,15,17,21H,10-11,13H2,1-2H3,(H,22,23)/t15-/m0/s1. The molecule has 26 heavy (non-hydrogen) atoms. The van der Waals surface area contributed by atoms with Gasteiger partial charge < -0.3 is 5.32 Å². The number of hydrogen-bond donors (Lipinski definition) is 2. The van der Waals surface area contributed by atoms with Gasteiger partial charge in [-0.1, -0.05) is 36.4 Å². The Morgan fingerprint density at radius 3 is 2.50 bits per heavy atom. The number of nitrogens with one attached hydrogen (secondary N) is 2. The molecule has 2 aromatic rings. The van der Waals surface area contributed by atoms with Crippen molar-refractivity contribution in [1.29, 1.82) is 0 Å². The Morgan fingerprint density at radius 2 is 1.85 bits per heavy atom. The van der Waals surface area contributed by atoms with Crippen LogP contribution in [0.2, 0.25) is 0 Å². The van der Waals surface area contributed by atoms with Gasteiger partial charge in [-0.3, -0.25) is 4.79 Å². The molecule has 0 heterocycles. The van der Waals surface area contributed by atoms with Gasteiger partial charge >= 0.3 is 0 Å². The summed E-state index contributed by atoms with van der Waals surface area (Å²) in [6.45, 7) is 3.92. The van der Waals surface area contributed by atoms with E-state index < -0.39 is 10.0 Å². The van der Waals surface area contributed by atoms with Gasteiger partial charge in [0.2, 0.25) is 10.0 Å². The molecule has 1 amide bonds. The van der Waals surface area contributed by atoms with Crippen LogP contribution in [0.25, 0.3) is 0 Å². The van der Waals surface area contributed by atoms with E-state index in [1.54, 1.807) is 19.1 Å².